The maximum absolute atomic E-state index is 14.4. The van der Waals surface area contributed by atoms with Crippen LogP contribution in [0.2, 0.25) is 5.02 Å². The van der Waals surface area contributed by atoms with E-state index >= 15 is 0 Å². The monoisotopic (exact) mass is 451 g/mol. The molecule has 0 bridgehead atoms. The van der Waals surface area contributed by atoms with Crippen molar-refractivity contribution in [1.29, 1.82) is 0 Å². The Morgan fingerprint density at radius 1 is 1.22 bits per heavy atom. The number of morpholine rings is 1. The minimum atomic E-state index is -0.549. The van der Waals surface area contributed by atoms with Crippen molar-refractivity contribution in [1.82, 2.24) is 4.90 Å². The van der Waals surface area contributed by atoms with Gasteiger partial charge in [-0.1, -0.05) is 0 Å². The number of rotatable bonds is 7. The molecule has 3 rings (SSSR count). The van der Waals surface area contributed by atoms with Gasteiger partial charge in [0.05, 0.1) is 0 Å². The van der Waals surface area contributed by atoms with Crippen LogP contribution in [-0.2, 0) is 4.74 Å². The zero-order valence-corrected chi connectivity index (χ0v) is 17.4. The fraction of sp³-hybridized carbons (Fsp3) is 0.350. The van der Waals surface area contributed by atoms with Crippen LogP contribution < -0.4 is 9.09 Å². The van der Waals surface area contributed by atoms with Crippen LogP contribution in [-0.4, -0.2) is 67.0 Å². The van der Waals surface area contributed by atoms with Gasteiger partial charge in [0.1, 0.15) is 0 Å². The Bertz CT molecular complexity index is 812. The van der Waals surface area contributed by atoms with E-state index in [1.54, 1.807) is 30.3 Å². The number of ketones is 1. The Morgan fingerprint density at radius 2 is 1.96 bits per heavy atom. The standard InChI is InChI=1S/C20H20AsClFNO3/c21-16-13-19(27-9-3-6-24-7-10-26-11-8-24)18(23)12-15(16)20(25)14-4-1-2-5-17(14)22/h1-2,4-5,12-13H,3,6-11H2. The average Bonchev–Trinajstić information content (AvgIpc) is 2.68. The van der Waals surface area contributed by atoms with Gasteiger partial charge in [-0.3, -0.25) is 0 Å². The van der Waals surface area contributed by atoms with Gasteiger partial charge in [-0.05, 0) is 0 Å². The number of ether oxygens (including phenoxy) is 2. The van der Waals surface area contributed by atoms with Gasteiger partial charge in [0.15, 0.2) is 0 Å². The van der Waals surface area contributed by atoms with Gasteiger partial charge >= 0.3 is 172 Å². The molecule has 0 N–H and O–H groups in total. The summed E-state index contributed by atoms with van der Waals surface area (Å²) in [5.74, 6) is -0.705. The van der Waals surface area contributed by atoms with Crippen molar-refractivity contribution in [2.45, 2.75) is 6.42 Å². The van der Waals surface area contributed by atoms with Crippen molar-refractivity contribution >= 4 is 38.6 Å². The molecule has 0 aromatic heterocycles. The summed E-state index contributed by atoms with van der Waals surface area (Å²) in [7, 11) is 0. The second-order valence-corrected chi connectivity index (χ2v) is 7.68. The van der Waals surface area contributed by atoms with Crippen LogP contribution in [0.4, 0.5) is 4.39 Å². The molecule has 2 aromatic rings. The van der Waals surface area contributed by atoms with Crippen LogP contribution in [0.15, 0.2) is 36.4 Å². The Hall–Kier alpha value is -1.39. The summed E-state index contributed by atoms with van der Waals surface area (Å²) in [6.07, 6.45) is 0.799. The molecule has 0 unspecified atom stereocenters. The first kappa shape index (κ1) is 20.3. The second-order valence-electron chi connectivity index (χ2n) is 6.26. The van der Waals surface area contributed by atoms with E-state index in [0.29, 0.717) is 21.5 Å². The van der Waals surface area contributed by atoms with Gasteiger partial charge in [-0.2, -0.15) is 0 Å². The van der Waals surface area contributed by atoms with Crippen LogP contribution in [0, 0.1) is 5.82 Å². The Morgan fingerprint density at radius 3 is 2.70 bits per heavy atom. The number of carbonyl (C=O) groups is 1. The molecule has 0 aliphatic carbocycles. The van der Waals surface area contributed by atoms with E-state index < -0.39 is 5.82 Å². The summed E-state index contributed by atoms with van der Waals surface area (Å²) >= 11 is 8.38. The van der Waals surface area contributed by atoms with Crippen molar-refractivity contribution in [3.63, 3.8) is 0 Å². The molecule has 2 aromatic carbocycles. The summed E-state index contributed by atoms with van der Waals surface area (Å²) in [5, 5.41) is 0.346. The molecule has 142 valence electrons. The van der Waals surface area contributed by atoms with Gasteiger partial charge in [-0.15, -0.1) is 0 Å². The summed E-state index contributed by atoms with van der Waals surface area (Å²) in [6.45, 7) is 4.66. The van der Waals surface area contributed by atoms with Gasteiger partial charge in [0, 0.05) is 0 Å². The van der Waals surface area contributed by atoms with Crippen molar-refractivity contribution in [3.05, 3.63) is 58.4 Å². The van der Waals surface area contributed by atoms with E-state index in [-0.39, 0.29) is 17.1 Å². The van der Waals surface area contributed by atoms with Gasteiger partial charge in [-0.25, -0.2) is 0 Å². The van der Waals surface area contributed by atoms with Crippen LogP contribution >= 0.6 is 11.6 Å². The fourth-order valence-corrected chi connectivity index (χ4v) is 3.74. The molecule has 1 heterocycles. The topological polar surface area (TPSA) is 38.8 Å². The van der Waals surface area contributed by atoms with Crippen LogP contribution in [0.25, 0.3) is 0 Å². The van der Waals surface area contributed by atoms with Gasteiger partial charge < -0.3 is 0 Å². The van der Waals surface area contributed by atoms with E-state index in [2.05, 4.69) is 21.8 Å². The van der Waals surface area contributed by atoms with Crippen LogP contribution in [0.1, 0.15) is 22.3 Å². The number of carbonyl (C=O) groups excluding carboxylic acids is 1. The predicted molar refractivity (Wildman–Crippen MR) is 104 cm³/mol. The molecule has 7 heteroatoms. The summed E-state index contributed by atoms with van der Waals surface area (Å²) < 4.78 is 25.9. The van der Waals surface area contributed by atoms with E-state index in [1.165, 1.54) is 6.07 Å². The molecule has 0 amide bonds. The third kappa shape index (κ3) is 5.32. The molecular formula is C20H20AsClFNO3. The zero-order chi connectivity index (χ0) is 19.2. The SMILES string of the molecule is O=C(c1ccccc1Cl)c1cc(F)c(OCCCN2CCOCC2)cc1[As]. The molecule has 1 aliphatic rings. The average molecular weight is 452 g/mol. The first-order valence-corrected chi connectivity index (χ1v) is 10.1. The van der Waals surface area contributed by atoms with Crippen molar-refractivity contribution in [3.8, 4) is 5.75 Å². The van der Waals surface area contributed by atoms with Crippen LogP contribution in [0.5, 0.6) is 5.75 Å². The van der Waals surface area contributed by atoms with E-state index in [4.69, 9.17) is 21.1 Å². The predicted octanol–water partition coefficient (Wildman–Crippen LogP) is 2.61. The first-order valence-electron chi connectivity index (χ1n) is 8.81. The summed E-state index contributed by atoms with van der Waals surface area (Å²) in [5.41, 5.74) is 0.617. The molecule has 2 radical (unpaired) electrons. The van der Waals surface area contributed by atoms with E-state index in [0.717, 1.165) is 39.3 Å². The van der Waals surface area contributed by atoms with Crippen molar-refractivity contribution in [2.24, 2.45) is 0 Å². The molecule has 0 saturated carbocycles. The maximum atomic E-state index is 14.4. The normalized spacial score (nSPS) is 14.9. The third-order valence-electron chi connectivity index (χ3n) is 4.39. The molecule has 1 fully saturated rings. The molecule has 0 spiro atoms. The molecule has 1 aliphatic heterocycles. The molecule has 0 atom stereocenters. The van der Waals surface area contributed by atoms with Gasteiger partial charge in [0.2, 0.25) is 0 Å². The molecule has 4 nitrogen and oxygen atoms in total. The minimum absolute atomic E-state index is 0.156. The van der Waals surface area contributed by atoms with E-state index in [1.807, 2.05) is 0 Å². The first-order chi connectivity index (χ1) is 13.1. The number of hydrogen-bond donors (Lipinski definition) is 0. The third-order valence-corrected chi connectivity index (χ3v) is 5.50. The summed E-state index contributed by atoms with van der Waals surface area (Å²) in [4.78, 5) is 15.0. The number of nitrogens with zero attached hydrogens (tertiary/aromatic N) is 1. The van der Waals surface area contributed by atoms with Crippen molar-refractivity contribution < 1.29 is 18.7 Å². The quantitative estimate of drug-likeness (QED) is 0.368. The second kappa shape index (κ2) is 9.70. The Kier molecular flexibility index (Phi) is 7.31. The molecule has 1 saturated heterocycles. The number of halogens is 2. The summed E-state index contributed by atoms with van der Waals surface area (Å²) in [6, 6.07) is 9.51. The van der Waals surface area contributed by atoms with Crippen LogP contribution in [0.3, 0.4) is 0 Å². The fourth-order valence-electron chi connectivity index (χ4n) is 2.92. The van der Waals surface area contributed by atoms with Crippen molar-refractivity contribution in [2.75, 3.05) is 39.5 Å². The zero-order valence-electron chi connectivity index (χ0n) is 14.8. The number of hydrogen-bond acceptors (Lipinski definition) is 4. The Labute approximate surface area is 172 Å². The number of benzene rings is 2. The molecule has 27 heavy (non-hydrogen) atoms. The molecular weight excluding hydrogens is 432 g/mol. The Balaban J connectivity index is 1.62. The van der Waals surface area contributed by atoms with Gasteiger partial charge in [0.25, 0.3) is 0 Å². The van der Waals surface area contributed by atoms with E-state index in [9.17, 15) is 9.18 Å².